The van der Waals surface area contributed by atoms with Crippen LogP contribution in [0.3, 0.4) is 0 Å². The largest absolute Gasteiger partial charge is 0.496 e. The summed E-state index contributed by atoms with van der Waals surface area (Å²) < 4.78 is 32.0. The first kappa shape index (κ1) is 11.3. The van der Waals surface area contributed by atoms with Crippen molar-refractivity contribution < 1.29 is 18.6 Å². The van der Waals surface area contributed by atoms with Gasteiger partial charge in [0.2, 0.25) is 0 Å². The molecule has 2 nitrogen and oxygen atoms in total. The van der Waals surface area contributed by atoms with Gasteiger partial charge < -0.3 is 9.84 Å². The summed E-state index contributed by atoms with van der Waals surface area (Å²) in [6.07, 6.45) is 1.06. The Hall–Kier alpha value is -1.16. The van der Waals surface area contributed by atoms with Crippen LogP contribution < -0.4 is 4.74 Å². The van der Waals surface area contributed by atoms with Gasteiger partial charge in [0, 0.05) is 6.92 Å². The molecular weight excluding hydrogens is 214 g/mol. The second kappa shape index (κ2) is 3.42. The molecule has 0 radical (unpaired) electrons. The van der Waals surface area contributed by atoms with Gasteiger partial charge in [0.1, 0.15) is 5.75 Å². The van der Waals surface area contributed by atoms with Crippen molar-refractivity contribution in [2.24, 2.45) is 0 Å². The van der Waals surface area contributed by atoms with Crippen LogP contribution in [0, 0.1) is 0 Å². The molecule has 0 aromatic heterocycles. The van der Waals surface area contributed by atoms with E-state index in [1.807, 2.05) is 0 Å². The van der Waals surface area contributed by atoms with E-state index in [2.05, 4.69) is 0 Å². The van der Waals surface area contributed by atoms with E-state index in [1.54, 1.807) is 12.1 Å². The summed E-state index contributed by atoms with van der Waals surface area (Å²) in [5.74, 6) is -2.88. The highest BCUT2D eigenvalue weighted by Gasteiger charge is 2.47. The minimum Gasteiger partial charge on any atom is -0.496 e. The monoisotopic (exact) mass is 228 g/mol. The first-order valence-corrected chi connectivity index (χ1v) is 5.17. The molecule has 1 fully saturated rings. The molecule has 2 rings (SSSR count). The molecule has 0 spiro atoms. The van der Waals surface area contributed by atoms with Crippen LogP contribution in [0.15, 0.2) is 18.2 Å². The number of ether oxygens (including phenoxy) is 1. The predicted octanol–water partition coefficient (Wildman–Crippen LogP) is 2.79. The van der Waals surface area contributed by atoms with E-state index in [-0.39, 0.29) is 11.3 Å². The second-order valence-corrected chi connectivity index (χ2v) is 4.30. The third kappa shape index (κ3) is 1.78. The minimum atomic E-state index is -3.01. The maximum absolute atomic E-state index is 13.5. The van der Waals surface area contributed by atoms with E-state index >= 15 is 0 Å². The summed E-state index contributed by atoms with van der Waals surface area (Å²) in [6, 6.07) is 4.66. The van der Waals surface area contributed by atoms with Gasteiger partial charge >= 0.3 is 0 Å². The molecule has 1 N–H and O–H groups in total. The molecule has 0 heterocycles. The standard InChI is InChI=1S/C12H14F2O2/c1-11(13,14)10-8(12(15)6-7-12)4-3-5-9(10)16-2/h3-5,15H,6-7H2,1-2H3. The molecule has 0 unspecified atom stereocenters. The number of methoxy groups -OCH3 is 1. The lowest BCUT2D eigenvalue weighted by atomic mass is 9.95. The Balaban J connectivity index is 2.60. The SMILES string of the molecule is COc1cccc(C2(O)CC2)c1C(C)(F)F. The summed E-state index contributed by atoms with van der Waals surface area (Å²) in [4.78, 5) is 0. The number of benzene rings is 1. The van der Waals surface area contributed by atoms with Gasteiger partial charge in [-0.1, -0.05) is 12.1 Å². The van der Waals surface area contributed by atoms with Gasteiger partial charge in [-0.15, -0.1) is 0 Å². The molecule has 0 bridgehead atoms. The Labute approximate surface area is 92.9 Å². The van der Waals surface area contributed by atoms with E-state index < -0.39 is 11.5 Å². The lowest BCUT2D eigenvalue weighted by Crippen LogP contribution is -2.18. The van der Waals surface area contributed by atoms with E-state index in [1.165, 1.54) is 13.2 Å². The second-order valence-electron chi connectivity index (χ2n) is 4.30. The smallest absolute Gasteiger partial charge is 0.274 e. The van der Waals surface area contributed by atoms with Crippen molar-refractivity contribution in [1.29, 1.82) is 0 Å². The molecule has 1 aliphatic carbocycles. The number of halogens is 2. The number of hydrogen-bond acceptors (Lipinski definition) is 2. The Bertz CT molecular complexity index is 406. The van der Waals surface area contributed by atoms with Gasteiger partial charge in [-0.05, 0) is 24.5 Å². The zero-order chi connectivity index (χ0) is 12.0. The molecule has 16 heavy (non-hydrogen) atoms. The third-order valence-electron chi connectivity index (χ3n) is 2.91. The van der Waals surface area contributed by atoms with E-state index in [9.17, 15) is 13.9 Å². The van der Waals surface area contributed by atoms with Gasteiger partial charge in [0.05, 0.1) is 18.3 Å². The molecule has 0 atom stereocenters. The van der Waals surface area contributed by atoms with Crippen LogP contribution in [-0.4, -0.2) is 12.2 Å². The van der Waals surface area contributed by atoms with Gasteiger partial charge in [-0.3, -0.25) is 0 Å². The van der Waals surface area contributed by atoms with Crippen LogP contribution in [0.4, 0.5) is 8.78 Å². The van der Waals surface area contributed by atoms with Crippen molar-refractivity contribution in [2.45, 2.75) is 31.3 Å². The molecule has 0 saturated heterocycles. The van der Waals surface area contributed by atoms with E-state index in [0.29, 0.717) is 18.4 Å². The Morgan fingerprint density at radius 3 is 2.44 bits per heavy atom. The molecule has 88 valence electrons. The molecule has 1 saturated carbocycles. The first-order valence-electron chi connectivity index (χ1n) is 5.17. The van der Waals surface area contributed by atoms with Crippen molar-refractivity contribution in [3.8, 4) is 5.75 Å². The van der Waals surface area contributed by atoms with Gasteiger partial charge in [0.15, 0.2) is 0 Å². The normalized spacial score (nSPS) is 18.3. The Morgan fingerprint density at radius 2 is 2.00 bits per heavy atom. The summed E-state index contributed by atoms with van der Waals surface area (Å²) in [5.41, 5.74) is -0.986. The van der Waals surface area contributed by atoms with Crippen molar-refractivity contribution in [3.63, 3.8) is 0 Å². The molecule has 4 heteroatoms. The maximum atomic E-state index is 13.5. The molecule has 0 amide bonds. The zero-order valence-corrected chi connectivity index (χ0v) is 9.26. The van der Waals surface area contributed by atoms with Crippen LogP contribution in [0.5, 0.6) is 5.75 Å². The predicted molar refractivity (Wildman–Crippen MR) is 55.7 cm³/mol. The van der Waals surface area contributed by atoms with Gasteiger partial charge in [0.25, 0.3) is 5.92 Å². The topological polar surface area (TPSA) is 29.5 Å². The third-order valence-corrected chi connectivity index (χ3v) is 2.91. The molecular formula is C12H14F2O2. The van der Waals surface area contributed by atoms with Gasteiger partial charge in [-0.25, -0.2) is 8.78 Å². The first-order chi connectivity index (χ1) is 7.38. The average molecular weight is 228 g/mol. The molecule has 1 aromatic rings. The lowest BCUT2D eigenvalue weighted by Gasteiger charge is -2.21. The Kier molecular flexibility index (Phi) is 2.42. The fourth-order valence-corrected chi connectivity index (χ4v) is 1.93. The fraction of sp³-hybridized carbons (Fsp3) is 0.500. The van der Waals surface area contributed by atoms with Crippen molar-refractivity contribution in [2.75, 3.05) is 7.11 Å². The van der Waals surface area contributed by atoms with Crippen molar-refractivity contribution >= 4 is 0 Å². The highest BCUT2D eigenvalue weighted by molar-refractivity contribution is 5.47. The number of rotatable bonds is 3. The zero-order valence-electron chi connectivity index (χ0n) is 9.26. The number of hydrogen-bond donors (Lipinski definition) is 1. The molecule has 0 aliphatic heterocycles. The summed E-state index contributed by atoms with van der Waals surface area (Å²) in [7, 11) is 1.35. The summed E-state index contributed by atoms with van der Waals surface area (Å²) in [6.45, 7) is 0.820. The van der Waals surface area contributed by atoms with Crippen molar-refractivity contribution in [3.05, 3.63) is 29.3 Å². The average Bonchev–Trinajstić information content (AvgIpc) is 2.95. The quantitative estimate of drug-likeness (QED) is 0.862. The van der Waals surface area contributed by atoms with Gasteiger partial charge in [-0.2, -0.15) is 0 Å². The molecule has 1 aliphatic rings. The van der Waals surface area contributed by atoms with Crippen LogP contribution in [0.1, 0.15) is 30.9 Å². The number of aliphatic hydroxyl groups is 1. The minimum absolute atomic E-state index is 0.130. The van der Waals surface area contributed by atoms with Crippen LogP contribution >= 0.6 is 0 Å². The lowest BCUT2D eigenvalue weighted by molar-refractivity contribution is 0.0101. The number of alkyl halides is 2. The van der Waals surface area contributed by atoms with E-state index in [4.69, 9.17) is 4.74 Å². The molecule has 1 aromatic carbocycles. The van der Waals surface area contributed by atoms with Crippen LogP contribution in [0.25, 0.3) is 0 Å². The van der Waals surface area contributed by atoms with Crippen molar-refractivity contribution in [1.82, 2.24) is 0 Å². The highest BCUT2D eigenvalue weighted by atomic mass is 19.3. The fourth-order valence-electron chi connectivity index (χ4n) is 1.93. The van der Waals surface area contributed by atoms with Crippen LogP contribution in [-0.2, 0) is 11.5 Å². The Morgan fingerprint density at radius 1 is 1.38 bits per heavy atom. The maximum Gasteiger partial charge on any atom is 0.274 e. The summed E-state index contributed by atoms with van der Waals surface area (Å²) >= 11 is 0. The van der Waals surface area contributed by atoms with E-state index in [0.717, 1.165) is 6.92 Å². The highest BCUT2D eigenvalue weighted by Crippen LogP contribution is 2.51. The summed E-state index contributed by atoms with van der Waals surface area (Å²) in [5, 5.41) is 9.98. The van der Waals surface area contributed by atoms with Crippen LogP contribution in [0.2, 0.25) is 0 Å².